The molecule has 116 valence electrons. The third-order valence-corrected chi connectivity index (χ3v) is 3.79. The Kier molecular flexibility index (Phi) is 4.88. The first kappa shape index (κ1) is 15.8. The molecule has 0 aliphatic carbocycles. The molecule has 0 radical (unpaired) electrons. The minimum absolute atomic E-state index is 0.0158. The van der Waals surface area contributed by atoms with Crippen molar-refractivity contribution in [1.82, 2.24) is 10.4 Å². The Hall–Kier alpha value is -1.56. The Bertz CT molecular complexity index is 502. The van der Waals surface area contributed by atoms with Gasteiger partial charge in [-0.05, 0) is 37.3 Å². The number of rotatable bonds is 5. The van der Waals surface area contributed by atoms with Crippen molar-refractivity contribution in [1.29, 1.82) is 0 Å². The quantitative estimate of drug-likeness (QED) is 0.906. The number of benzene rings is 1. The molecular weight excluding hydrogens is 281 g/mol. The molecule has 1 aromatic carbocycles. The molecule has 0 aromatic heterocycles. The van der Waals surface area contributed by atoms with Crippen LogP contribution in [0.25, 0.3) is 0 Å². The molecule has 1 aromatic rings. The molecule has 1 N–H and O–H groups in total. The lowest BCUT2D eigenvalue weighted by Gasteiger charge is -2.28. The third-order valence-electron chi connectivity index (χ3n) is 3.79. The molecule has 0 spiro atoms. The van der Waals surface area contributed by atoms with Gasteiger partial charge in [0.1, 0.15) is 6.04 Å². The number of carbonyl (C=O) groups is 1. The number of hydrogen-bond acceptors (Lipinski definition) is 2. The van der Waals surface area contributed by atoms with Gasteiger partial charge in [-0.1, -0.05) is 24.3 Å². The number of carbonyl (C=O) groups excluding carboxylic acids is 1. The van der Waals surface area contributed by atoms with Crippen molar-refractivity contribution in [2.24, 2.45) is 0 Å². The molecule has 1 fully saturated rings. The highest BCUT2D eigenvalue weighted by Crippen LogP contribution is 2.29. The average molecular weight is 300 g/mol. The molecule has 2 rings (SSSR count). The number of nitrogens with one attached hydrogen (secondary N) is 1. The summed E-state index contributed by atoms with van der Waals surface area (Å²) in [5, 5.41) is 1.03. The number of hydrazine groups is 1. The van der Waals surface area contributed by atoms with E-state index in [4.69, 9.17) is 0 Å². The van der Waals surface area contributed by atoms with E-state index in [1.165, 1.54) is 0 Å². The fourth-order valence-corrected chi connectivity index (χ4v) is 2.60. The van der Waals surface area contributed by atoms with E-state index in [9.17, 15) is 18.0 Å². The SMILES string of the molecule is Cc1ccccc1CCC[C@H](N1CCC(=O)N1)C(F)(F)F. The van der Waals surface area contributed by atoms with Gasteiger partial charge >= 0.3 is 6.18 Å². The second-order valence-electron chi connectivity index (χ2n) is 5.35. The molecule has 0 bridgehead atoms. The molecule has 3 nitrogen and oxygen atoms in total. The standard InChI is InChI=1S/C15H19F3N2O/c1-11-5-2-3-6-12(11)7-4-8-13(15(16,17)18)20-10-9-14(21)19-20/h2-3,5-6,13H,4,7-10H2,1H3,(H,19,21)/t13-/m0/s1. The summed E-state index contributed by atoms with van der Waals surface area (Å²) in [6, 6.07) is 6.10. The summed E-state index contributed by atoms with van der Waals surface area (Å²) < 4.78 is 39.3. The minimum Gasteiger partial charge on any atom is -0.288 e. The van der Waals surface area contributed by atoms with E-state index in [-0.39, 0.29) is 25.3 Å². The van der Waals surface area contributed by atoms with E-state index in [1.54, 1.807) is 0 Å². The third kappa shape index (κ3) is 4.20. The predicted octanol–water partition coefficient (Wildman–Crippen LogP) is 2.99. The average Bonchev–Trinajstić information content (AvgIpc) is 2.81. The highest BCUT2D eigenvalue weighted by molar-refractivity contribution is 5.77. The summed E-state index contributed by atoms with van der Waals surface area (Å²) in [4.78, 5) is 11.1. The summed E-state index contributed by atoms with van der Waals surface area (Å²) in [5.41, 5.74) is 4.46. The van der Waals surface area contributed by atoms with Gasteiger partial charge in [0.05, 0.1) is 0 Å². The van der Waals surface area contributed by atoms with E-state index in [1.807, 2.05) is 31.2 Å². The van der Waals surface area contributed by atoms with Crippen molar-refractivity contribution in [3.05, 3.63) is 35.4 Å². The maximum Gasteiger partial charge on any atom is 0.405 e. The number of nitrogens with zero attached hydrogens (tertiary/aromatic N) is 1. The highest BCUT2D eigenvalue weighted by atomic mass is 19.4. The normalized spacial score (nSPS) is 17.8. The van der Waals surface area contributed by atoms with Gasteiger partial charge < -0.3 is 0 Å². The Morgan fingerprint density at radius 2 is 2.05 bits per heavy atom. The van der Waals surface area contributed by atoms with Crippen LogP contribution in [0.4, 0.5) is 13.2 Å². The van der Waals surface area contributed by atoms with Crippen LogP contribution < -0.4 is 5.43 Å². The summed E-state index contributed by atoms with van der Waals surface area (Å²) >= 11 is 0. The largest absolute Gasteiger partial charge is 0.405 e. The van der Waals surface area contributed by atoms with Crippen molar-refractivity contribution in [3.63, 3.8) is 0 Å². The molecule has 1 aliphatic rings. The molecule has 1 heterocycles. The van der Waals surface area contributed by atoms with Crippen molar-refractivity contribution in [3.8, 4) is 0 Å². The summed E-state index contributed by atoms with van der Waals surface area (Å²) in [6.07, 6.45) is -3.17. The van der Waals surface area contributed by atoms with Crippen molar-refractivity contribution < 1.29 is 18.0 Å². The Balaban J connectivity index is 1.94. The van der Waals surface area contributed by atoms with Crippen LogP contribution in [0.5, 0.6) is 0 Å². The topological polar surface area (TPSA) is 32.3 Å². The van der Waals surface area contributed by atoms with Gasteiger partial charge in [-0.3, -0.25) is 10.2 Å². The van der Waals surface area contributed by atoms with Crippen LogP contribution in [-0.4, -0.2) is 29.7 Å². The smallest absolute Gasteiger partial charge is 0.288 e. The summed E-state index contributed by atoms with van der Waals surface area (Å²) in [6.45, 7) is 2.07. The van der Waals surface area contributed by atoms with Crippen LogP contribution in [0.1, 0.15) is 30.4 Å². The maximum absolute atomic E-state index is 13.1. The van der Waals surface area contributed by atoms with E-state index < -0.39 is 12.2 Å². The molecule has 1 atom stereocenters. The lowest BCUT2D eigenvalue weighted by Crippen LogP contribution is -2.49. The van der Waals surface area contributed by atoms with Gasteiger partial charge in [-0.2, -0.15) is 13.2 Å². The highest BCUT2D eigenvalue weighted by Gasteiger charge is 2.45. The fourth-order valence-electron chi connectivity index (χ4n) is 2.60. The van der Waals surface area contributed by atoms with Gasteiger partial charge in [0.2, 0.25) is 5.91 Å². The van der Waals surface area contributed by atoms with E-state index >= 15 is 0 Å². The fraction of sp³-hybridized carbons (Fsp3) is 0.533. The predicted molar refractivity (Wildman–Crippen MR) is 73.4 cm³/mol. The molecular formula is C15H19F3N2O. The number of hydrogen-bond donors (Lipinski definition) is 1. The van der Waals surface area contributed by atoms with Crippen molar-refractivity contribution in [2.75, 3.05) is 6.54 Å². The van der Waals surface area contributed by atoms with Gasteiger partial charge in [-0.25, -0.2) is 5.01 Å². The zero-order chi connectivity index (χ0) is 15.5. The van der Waals surface area contributed by atoms with Crippen molar-refractivity contribution in [2.45, 2.75) is 44.8 Å². The molecule has 21 heavy (non-hydrogen) atoms. The molecule has 1 aliphatic heterocycles. The van der Waals surface area contributed by atoms with Crippen LogP contribution >= 0.6 is 0 Å². The summed E-state index contributed by atoms with van der Waals surface area (Å²) in [7, 11) is 0. The van der Waals surface area contributed by atoms with Gasteiger partial charge in [0.15, 0.2) is 0 Å². The molecule has 0 saturated carbocycles. The molecule has 0 unspecified atom stereocenters. The van der Waals surface area contributed by atoms with Gasteiger partial charge in [0, 0.05) is 13.0 Å². The second kappa shape index (κ2) is 6.47. The lowest BCUT2D eigenvalue weighted by atomic mass is 10.0. The van der Waals surface area contributed by atoms with Gasteiger partial charge in [0.25, 0.3) is 0 Å². The van der Waals surface area contributed by atoms with Crippen LogP contribution in [0, 0.1) is 6.92 Å². The van der Waals surface area contributed by atoms with E-state index in [2.05, 4.69) is 5.43 Å². The number of halogens is 3. The Labute approximate surface area is 122 Å². The first-order valence-corrected chi connectivity index (χ1v) is 7.05. The van der Waals surface area contributed by atoms with E-state index in [0.29, 0.717) is 12.8 Å². The minimum atomic E-state index is -4.33. The Morgan fingerprint density at radius 3 is 2.62 bits per heavy atom. The lowest BCUT2D eigenvalue weighted by molar-refractivity contribution is -0.190. The van der Waals surface area contributed by atoms with Crippen molar-refractivity contribution >= 4 is 5.91 Å². The Morgan fingerprint density at radius 1 is 1.33 bits per heavy atom. The zero-order valence-corrected chi connectivity index (χ0v) is 11.9. The number of aryl methyl sites for hydroxylation is 2. The van der Waals surface area contributed by atoms with Gasteiger partial charge in [-0.15, -0.1) is 0 Å². The van der Waals surface area contributed by atoms with E-state index in [0.717, 1.165) is 16.1 Å². The van der Waals surface area contributed by atoms with Crippen LogP contribution in [-0.2, 0) is 11.2 Å². The molecule has 1 amide bonds. The summed E-state index contributed by atoms with van der Waals surface area (Å²) in [5.74, 6) is -0.344. The van der Waals surface area contributed by atoms with Crippen LogP contribution in [0.3, 0.4) is 0 Å². The second-order valence-corrected chi connectivity index (χ2v) is 5.35. The first-order chi connectivity index (χ1) is 9.88. The number of alkyl halides is 3. The molecule has 1 saturated heterocycles. The van der Waals surface area contributed by atoms with Crippen LogP contribution in [0.2, 0.25) is 0 Å². The maximum atomic E-state index is 13.1. The monoisotopic (exact) mass is 300 g/mol. The first-order valence-electron chi connectivity index (χ1n) is 7.05. The zero-order valence-electron chi connectivity index (χ0n) is 11.9. The number of amides is 1. The molecule has 6 heteroatoms. The van der Waals surface area contributed by atoms with Crippen LogP contribution in [0.15, 0.2) is 24.3 Å².